The van der Waals surface area contributed by atoms with Crippen LogP contribution >= 0.6 is 0 Å². The smallest absolute Gasteiger partial charge is 0.223 e. The Bertz CT molecular complexity index is 760. The lowest BCUT2D eigenvalue weighted by atomic mass is 10.1. The zero-order valence-corrected chi connectivity index (χ0v) is 14.4. The average Bonchev–Trinajstić information content (AvgIpc) is 2.61. The predicted octanol–water partition coefficient (Wildman–Crippen LogP) is 2.34. The van der Waals surface area contributed by atoms with Gasteiger partial charge in [-0.2, -0.15) is 0 Å². The van der Waals surface area contributed by atoms with Gasteiger partial charge in [-0.1, -0.05) is 18.2 Å². The molecule has 0 saturated carbocycles. The minimum atomic E-state index is -0.182. The highest BCUT2D eigenvalue weighted by Gasteiger charge is 2.14. The van der Waals surface area contributed by atoms with Crippen LogP contribution in [0.4, 0.5) is 5.69 Å². The van der Waals surface area contributed by atoms with Crippen LogP contribution in [0.3, 0.4) is 0 Å². The lowest BCUT2D eigenvalue weighted by molar-refractivity contribution is -0.121. The van der Waals surface area contributed by atoms with Crippen molar-refractivity contribution in [3.63, 3.8) is 0 Å². The summed E-state index contributed by atoms with van der Waals surface area (Å²) in [6.45, 7) is 3.50. The van der Waals surface area contributed by atoms with Crippen LogP contribution in [0, 0.1) is 0 Å². The summed E-state index contributed by atoms with van der Waals surface area (Å²) in [6, 6.07) is 12.3. The Kier molecular flexibility index (Phi) is 6.39. The van der Waals surface area contributed by atoms with Crippen LogP contribution in [0.15, 0.2) is 48.7 Å². The molecule has 6 heteroatoms. The van der Waals surface area contributed by atoms with Gasteiger partial charge in [-0.25, -0.2) is 0 Å². The number of carbonyl (C=O) groups is 3. The number of nitrogens with zero attached hydrogens (tertiary/aromatic N) is 2. The van der Waals surface area contributed by atoms with Gasteiger partial charge >= 0.3 is 0 Å². The SMILES string of the molecule is CC(=O)c1cccc(N(CCC(=O)NCc2ccccn2)C(C)=O)c1. The topological polar surface area (TPSA) is 79.4 Å². The van der Waals surface area contributed by atoms with Crippen LogP contribution in [0.5, 0.6) is 0 Å². The molecule has 25 heavy (non-hydrogen) atoms. The minimum absolute atomic E-state index is 0.0709. The summed E-state index contributed by atoms with van der Waals surface area (Å²) in [6.07, 6.45) is 1.83. The van der Waals surface area contributed by atoms with Crippen molar-refractivity contribution in [3.8, 4) is 0 Å². The first kappa shape index (κ1) is 18.3. The van der Waals surface area contributed by atoms with Crippen molar-refractivity contribution in [3.05, 3.63) is 59.9 Å². The van der Waals surface area contributed by atoms with Gasteiger partial charge in [-0.05, 0) is 31.2 Å². The number of amides is 2. The van der Waals surface area contributed by atoms with Gasteiger partial charge in [-0.15, -0.1) is 0 Å². The zero-order valence-electron chi connectivity index (χ0n) is 14.4. The molecule has 0 spiro atoms. The summed E-state index contributed by atoms with van der Waals surface area (Å²) >= 11 is 0. The number of carbonyl (C=O) groups excluding carboxylic acids is 3. The predicted molar refractivity (Wildman–Crippen MR) is 95.2 cm³/mol. The van der Waals surface area contributed by atoms with Gasteiger partial charge in [0.1, 0.15) is 0 Å². The Hall–Kier alpha value is -3.02. The molecule has 1 N–H and O–H groups in total. The van der Waals surface area contributed by atoms with E-state index < -0.39 is 0 Å². The summed E-state index contributed by atoms with van der Waals surface area (Å²) in [7, 11) is 0. The molecule has 1 heterocycles. The molecule has 1 aromatic carbocycles. The summed E-state index contributed by atoms with van der Waals surface area (Å²) < 4.78 is 0. The largest absolute Gasteiger partial charge is 0.350 e. The second-order valence-electron chi connectivity index (χ2n) is 5.62. The van der Waals surface area contributed by atoms with Gasteiger partial charge in [0.2, 0.25) is 11.8 Å². The molecule has 0 aliphatic rings. The lowest BCUT2D eigenvalue weighted by Gasteiger charge is -2.21. The van der Waals surface area contributed by atoms with Crippen molar-refractivity contribution in [1.82, 2.24) is 10.3 Å². The molecule has 1 aromatic heterocycles. The van der Waals surface area contributed by atoms with Crippen LogP contribution in [0.2, 0.25) is 0 Å². The fourth-order valence-electron chi connectivity index (χ4n) is 2.35. The number of aromatic nitrogens is 1. The number of hydrogen-bond donors (Lipinski definition) is 1. The lowest BCUT2D eigenvalue weighted by Crippen LogP contribution is -2.33. The van der Waals surface area contributed by atoms with Crippen molar-refractivity contribution in [2.75, 3.05) is 11.4 Å². The second-order valence-corrected chi connectivity index (χ2v) is 5.62. The molecule has 6 nitrogen and oxygen atoms in total. The molecule has 0 radical (unpaired) electrons. The van der Waals surface area contributed by atoms with E-state index in [1.54, 1.807) is 30.5 Å². The molecule has 130 valence electrons. The summed E-state index contributed by atoms with van der Waals surface area (Å²) in [5.41, 5.74) is 1.91. The molecule has 0 aliphatic heterocycles. The normalized spacial score (nSPS) is 10.2. The number of anilines is 1. The molecule has 2 amide bonds. The Balaban J connectivity index is 1.95. The minimum Gasteiger partial charge on any atom is -0.350 e. The van der Waals surface area contributed by atoms with Crippen LogP contribution in [0.1, 0.15) is 36.3 Å². The van der Waals surface area contributed by atoms with Gasteiger partial charge in [0.05, 0.1) is 12.2 Å². The van der Waals surface area contributed by atoms with Gasteiger partial charge < -0.3 is 10.2 Å². The maximum Gasteiger partial charge on any atom is 0.223 e. The number of ketones is 1. The number of rotatable bonds is 7. The Morgan fingerprint density at radius 1 is 1.08 bits per heavy atom. The van der Waals surface area contributed by atoms with Crippen molar-refractivity contribution in [2.24, 2.45) is 0 Å². The fourth-order valence-corrected chi connectivity index (χ4v) is 2.35. The molecule has 2 aromatic rings. The van der Waals surface area contributed by atoms with Crippen molar-refractivity contribution >= 4 is 23.3 Å². The van der Waals surface area contributed by atoms with E-state index in [9.17, 15) is 14.4 Å². The average molecular weight is 339 g/mol. The molecule has 0 saturated heterocycles. The fraction of sp³-hybridized carbons (Fsp3) is 0.263. The first-order valence-electron chi connectivity index (χ1n) is 8.03. The Labute approximate surface area is 146 Å². The van der Waals surface area contributed by atoms with Crippen molar-refractivity contribution in [1.29, 1.82) is 0 Å². The zero-order chi connectivity index (χ0) is 18.2. The van der Waals surface area contributed by atoms with Crippen LogP contribution in [-0.2, 0) is 16.1 Å². The van der Waals surface area contributed by atoms with E-state index in [4.69, 9.17) is 0 Å². The highest BCUT2D eigenvalue weighted by atomic mass is 16.2. The molecule has 0 unspecified atom stereocenters. The van der Waals surface area contributed by atoms with Crippen LogP contribution in [-0.4, -0.2) is 29.1 Å². The first-order chi connectivity index (χ1) is 12.0. The van der Waals surface area contributed by atoms with E-state index in [1.165, 1.54) is 18.7 Å². The van der Waals surface area contributed by atoms with Gasteiger partial charge in [0.15, 0.2) is 5.78 Å². The summed E-state index contributed by atoms with van der Waals surface area (Å²) in [4.78, 5) is 41.1. The summed E-state index contributed by atoms with van der Waals surface area (Å²) in [5.74, 6) is -0.420. The van der Waals surface area contributed by atoms with E-state index in [2.05, 4.69) is 10.3 Å². The van der Waals surface area contributed by atoms with Gasteiger partial charge in [-0.3, -0.25) is 19.4 Å². The molecule has 0 bridgehead atoms. The Morgan fingerprint density at radius 3 is 2.52 bits per heavy atom. The second kappa shape index (κ2) is 8.73. The number of nitrogens with one attached hydrogen (secondary N) is 1. The molecule has 2 rings (SSSR count). The number of benzene rings is 1. The quantitative estimate of drug-likeness (QED) is 0.785. The monoisotopic (exact) mass is 339 g/mol. The summed E-state index contributed by atoms with van der Waals surface area (Å²) in [5, 5.41) is 2.78. The molecule has 0 atom stereocenters. The van der Waals surface area contributed by atoms with E-state index in [0.717, 1.165) is 5.69 Å². The molecule has 0 fully saturated rings. The third-order valence-corrected chi connectivity index (χ3v) is 3.70. The van der Waals surface area contributed by atoms with Crippen LogP contribution in [0.25, 0.3) is 0 Å². The van der Waals surface area contributed by atoms with E-state index >= 15 is 0 Å². The Morgan fingerprint density at radius 2 is 1.88 bits per heavy atom. The molecular formula is C19H21N3O3. The van der Waals surface area contributed by atoms with E-state index in [0.29, 0.717) is 17.8 Å². The third kappa shape index (κ3) is 5.53. The standard InChI is InChI=1S/C19H21N3O3/c1-14(23)16-6-5-8-18(12-16)22(15(2)24)11-9-19(25)21-13-17-7-3-4-10-20-17/h3-8,10,12H,9,11,13H2,1-2H3,(H,21,25). The highest BCUT2D eigenvalue weighted by Crippen LogP contribution is 2.17. The van der Waals surface area contributed by atoms with Crippen molar-refractivity contribution in [2.45, 2.75) is 26.8 Å². The first-order valence-corrected chi connectivity index (χ1v) is 8.03. The maximum atomic E-state index is 12.0. The van der Waals surface area contributed by atoms with E-state index in [1.807, 2.05) is 18.2 Å². The van der Waals surface area contributed by atoms with Gasteiger partial charge in [0.25, 0.3) is 0 Å². The molecule has 0 aliphatic carbocycles. The number of Topliss-reactive ketones (excluding diaryl/α,β-unsaturated/α-hetero) is 1. The number of hydrogen-bond acceptors (Lipinski definition) is 4. The van der Waals surface area contributed by atoms with Crippen molar-refractivity contribution < 1.29 is 14.4 Å². The van der Waals surface area contributed by atoms with Crippen LogP contribution < -0.4 is 10.2 Å². The number of pyridine rings is 1. The molecular weight excluding hydrogens is 318 g/mol. The third-order valence-electron chi connectivity index (χ3n) is 3.70. The van der Waals surface area contributed by atoms with Gasteiger partial charge in [0, 0.05) is 37.3 Å². The van der Waals surface area contributed by atoms with E-state index in [-0.39, 0.29) is 30.6 Å². The highest BCUT2D eigenvalue weighted by molar-refractivity contribution is 5.97. The maximum absolute atomic E-state index is 12.0.